The monoisotopic (exact) mass is 333 g/mol. The van der Waals surface area contributed by atoms with Crippen LogP contribution in [0.25, 0.3) is 0 Å². The summed E-state index contributed by atoms with van der Waals surface area (Å²) >= 11 is 5.78. The molecule has 0 spiro atoms. The van der Waals surface area contributed by atoms with Crippen molar-refractivity contribution in [3.05, 3.63) is 64.7 Å². The van der Waals surface area contributed by atoms with Crippen molar-refractivity contribution in [2.75, 3.05) is 26.2 Å². The van der Waals surface area contributed by atoms with Crippen molar-refractivity contribution >= 4 is 17.5 Å². The lowest BCUT2D eigenvalue weighted by Gasteiger charge is -2.34. The SMILES string of the molecule is O=C(c1ccccc1F)N1CCN(Cc2ccc(Cl)nc2)CC1. The molecule has 120 valence electrons. The first kappa shape index (κ1) is 15.9. The Balaban J connectivity index is 1.57. The summed E-state index contributed by atoms with van der Waals surface area (Å²) in [5.74, 6) is -0.705. The molecule has 6 heteroatoms. The van der Waals surface area contributed by atoms with Crippen LogP contribution in [0.4, 0.5) is 4.39 Å². The Morgan fingerprint density at radius 3 is 2.52 bits per heavy atom. The highest BCUT2D eigenvalue weighted by Crippen LogP contribution is 2.14. The zero-order valence-corrected chi connectivity index (χ0v) is 13.3. The molecule has 2 heterocycles. The van der Waals surface area contributed by atoms with E-state index in [2.05, 4.69) is 9.88 Å². The van der Waals surface area contributed by atoms with Gasteiger partial charge >= 0.3 is 0 Å². The van der Waals surface area contributed by atoms with Crippen LogP contribution < -0.4 is 0 Å². The first-order valence-electron chi connectivity index (χ1n) is 7.50. The smallest absolute Gasteiger partial charge is 0.256 e. The maximum atomic E-state index is 13.7. The molecule has 0 radical (unpaired) electrons. The predicted molar refractivity (Wildman–Crippen MR) is 86.8 cm³/mol. The molecule has 23 heavy (non-hydrogen) atoms. The van der Waals surface area contributed by atoms with Crippen LogP contribution >= 0.6 is 11.6 Å². The average Bonchev–Trinajstić information content (AvgIpc) is 2.57. The Morgan fingerprint density at radius 2 is 1.87 bits per heavy atom. The van der Waals surface area contributed by atoms with Gasteiger partial charge in [-0.25, -0.2) is 9.37 Å². The van der Waals surface area contributed by atoms with Gasteiger partial charge in [-0.05, 0) is 23.8 Å². The minimum absolute atomic E-state index is 0.142. The molecule has 4 nitrogen and oxygen atoms in total. The zero-order chi connectivity index (χ0) is 16.2. The van der Waals surface area contributed by atoms with E-state index in [0.29, 0.717) is 18.2 Å². The van der Waals surface area contributed by atoms with Crippen LogP contribution in [0, 0.1) is 5.82 Å². The third-order valence-electron chi connectivity index (χ3n) is 3.96. The van der Waals surface area contributed by atoms with Gasteiger partial charge in [-0.2, -0.15) is 0 Å². The third-order valence-corrected chi connectivity index (χ3v) is 4.18. The van der Waals surface area contributed by atoms with Crippen molar-refractivity contribution in [3.63, 3.8) is 0 Å². The molecule has 1 aliphatic heterocycles. The van der Waals surface area contributed by atoms with Crippen LogP contribution in [0.15, 0.2) is 42.6 Å². The normalized spacial score (nSPS) is 15.7. The summed E-state index contributed by atoms with van der Waals surface area (Å²) in [6, 6.07) is 9.84. The number of rotatable bonds is 3. The van der Waals surface area contributed by atoms with Crippen LogP contribution in [-0.2, 0) is 6.54 Å². The maximum Gasteiger partial charge on any atom is 0.256 e. The fraction of sp³-hybridized carbons (Fsp3) is 0.294. The van der Waals surface area contributed by atoms with Crippen LogP contribution in [-0.4, -0.2) is 46.9 Å². The molecule has 0 atom stereocenters. The molecule has 0 aliphatic carbocycles. The van der Waals surface area contributed by atoms with Crippen molar-refractivity contribution in [2.45, 2.75) is 6.54 Å². The molecule has 3 rings (SSSR count). The van der Waals surface area contributed by atoms with Crippen molar-refractivity contribution in [3.8, 4) is 0 Å². The molecule has 2 aromatic rings. The summed E-state index contributed by atoms with van der Waals surface area (Å²) in [4.78, 5) is 20.4. The molecule has 1 aromatic carbocycles. The van der Waals surface area contributed by atoms with E-state index >= 15 is 0 Å². The number of aromatic nitrogens is 1. The lowest BCUT2D eigenvalue weighted by atomic mass is 10.1. The summed E-state index contributed by atoms with van der Waals surface area (Å²) < 4.78 is 13.7. The van der Waals surface area contributed by atoms with E-state index in [1.807, 2.05) is 6.07 Å². The lowest BCUT2D eigenvalue weighted by Crippen LogP contribution is -2.48. The van der Waals surface area contributed by atoms with Gasteiger partial charge in [0.1, 0.15) is 11.0 Å². The van der Waals surface area contributed by atoms with Crippen molar-refractivity contribution in [1.29, 1.82) is 0 Å². The van der Waals surface area contributed by atoms with Gasteiger partial charge in [-0.15, -0.1) is 0 Å². The maximum absolute atomic E-state index is 13.7. The molecule has 1 fully saturated rings. The highest BCUT2D eigenvalue weighted by Gasteiger charge is 2.23. The molecule has 1 aliphatic rings. The van der Waals surface area contributed by atoms with E-state index in [1.54, 1.807) is 29.3 Å². The Bertz CT molecular complexity index is 684. The Hall–Kier alpha value is -1.98. The Labute approximate surface area is 139 Å². The van der Waals surface area contributed by atoms with Crippen LogP contribution in [0.5, 0.6) is 0 Å². The number of benzene rings is 1. The lowest BCUT2D eigenvalue weighted by molar-refractivity contribution is 0.0624. The molecule has 0 saturated carbocycles. The summed E-state index contributed by atoms with van der Waals surface area (Å²) in [6.07, 6.45) is 1.76. The molecule has 1 aromatic heterocycles. The fourth-order valence-electron chi connectivity index (χ4n) is 2.67. The van der Waals surface area contributed by atoms with Crippen LogP contribution in [0.1, 0.15) is 15.9 Å². The second-order valence-electron chi connectivity index (χ2n) is 5.54. The molecular weight excluding hydrogens is 317 g/mol. The number of piperazine rings is 1. The number of halogens is 2. The number of hydrogen-bond donors (Lipinski definition) is 0. The van der Waals surface area contributed by atoms with E-state index < -0.39 is 5.82 Å². The topological polar surface area (TPSA) is 36.4 Å². The standard InChI is InChI=1S/C17H17ClFN3O/c18-16-6-5-13(11-20-16)12-21-7-9-22(10-8-21)17(23)14-3-1-2-4-15(14)19/h1-6,11H,7-10,12H2. The summed E-state index contributed by atoms with van der Waals surface area (Å²) in [5, 5.41) is 0.481. The Kier molecular flexibility index (Phi) is 4.88. The van der Waals surface area contributed by atoms with E-state index in [0.717, 1.165) is 25.2 Å². The quantitative estimate of drug-likeness (QED) is 0.810. The van der Waals surface area contributed by atoms with Gasteiger partial charge in [0.2, 0.25) is 0 Å². The minimum atomic E-state index is -0.466. The highest BCUT2D eigenvalue weighted by molar-refractivity contribution is 6.29. The van der Waals surface area contributed by atoms with Gasteiger partial charge in [-0.1, -0.05) is 29.8 Å². The first-order chi connectivity index (χ1) is 11.1. The van der Waals surface area contributed by atoms with E-state index in [-0.39, 0.29) is 11.5 Å². The van der Waals surface area contributed by atoms with E-state index in [1.165, 1.54) is 12.1 Å². The second kappa shape index (κ2) is 7.06. The molecule has 0 N–H and O–H groups in total. The summed E-state index contributed by atoms with van der Waals surface area (Å²) in [5.41, 5.74) is 1.23. The first-order valence-corrected chi connectivity index (χ1v) is 7.88. The largest absolute Gasteiger partial charge is 0.336 e. The number of hydrogen-bond acceptors (Lipinski definition) is 3. The van der Waals surface area contributed by atoms with Crippen molar-refractivity contribution in [1.82, 2.24) is 14.8 Å². The van der Waals surface area contributed by atoms with Crippen LogP contribution in [0.3, 0.4) is 0 Å². The highest BCUT2D eigenvalue weighted by atomic mass is 35.5. The molecule has 1 saturated heterocycles. The van der Waals surface area contributed by atoms with Crippen molar-refractivity contribution < 1.29 is 9.18 Å². The molecule has 0 bridgehead atoms. The van der Waals surface area contributed by atoms with Gasteiger partial charge in [0.15, 0.2) is 0 Å². The van der Waals surface area contributed by atoms with E-state index in [4.69, 9.17) is 11.6 Å². The van der Waals surface area contributed by atoms with Crippen LogP contribution in [0.2, 0.25) is 5.15 Å². The number of carbonyl (C=O) groups is 1. The summed E-state index contributed by atoms with van der Waals surface area (Å²) in [7, 11) is 0. The van der Waals surface area contributed by atoms with Gasteiger partial charge in [-0.3, -0.25) is 9.69 Å². The Morgan fingerprint density at radius 1 is 1.13 bits per heavy atom. The number of nitrogens with zero attached hydrogens (tertiary/aromatic N) is 3. The zero-order valence-electron chi connectivity index (χ0n) is 12.6. The number of pyridine rings is 1. The molecule has 0 unspecified atom stereocenters. The number of carbonyl (C=O) groups excluding carboxylic acids is 1. The van der Waals surface area contributed by atoms with Gasteiger partial charge in [0.05, 0.1) is 5.56 Å². The second-order valence-corrected chi connectivity index (χ2v) is 5.92. The van der Waals surface area contributed by atoms with Gasteiger partial charge in [0.25, 0.3) is 5.91 Å². The average molecular weight is 334 g/mol. The predicted octanol–water partition coefficient (Wildman–Crippen LogP) is 2.83. The molecular formula is C17H17ClFN3O. The fourth-order valence-corrected chi connectivity index (χ4v) is 2.78. The number of amides is 1. The van der Waals surface area contributed by atoms with Crippen molar-refractivity contribution in [2.24, 2.45) is 0 Å². The third kappa shape index (κ3) is 3.86. The van der Waals surface area contributed by atoms with Gasteiger partial charge in [0, 0.05) is 38.9 Å². The molecule has 1 amide bonds. The summed E-state index contributed by atoms with van der Waals surface area (Å²) in [6.45, 7) is 3.46. The minimum Gasteiger partial charge on any atom is -0.336 e. The van der Waals surface area contributed by atoms with E-state index in [9.17, 15) is 9.18 Å². The van der Waals surface area contributed by atoms with Gasteiger partial charge < -0.3 is 4.90 Å².